The van der Waals surface area contributed by atoms with Gasteiger partial charge in [0.15, 0.2) is 0 Å². The van der Waals surface area contributed by atoms with Crippen molar-refractivity contribution in [1.29, 1.82) is 0 Å². The van der Waals surface area contributed by atoms with Gasteiger partial charge >= 0.3 is 0 Å². The van der Waals surface area contributed by atoms with Crippen LogP contribution >= 0.6 is 0 Å². The maximum atomic E-state index is 14.1. The monoisotopic (exact) mass is 403 g/mol. The normalized spacial score (nSPS) is 16.6. The van der Waals surface area contributed by atoms with Gasteiger partial charge in [0.05, 0.1) is 25.9 Å². The van der Waals surface area contributed by atoms with Crippen LogP contribution in [0.5, 0.6) is 0 Å². The summed E-state index contributed by atoms with van der Waals surface area (Å²) in [5.41, 5.74) is 1.82. The minimum atomic E-state index is -0.366. The van der Waals surface area contributed by atoms with Crippen LogP contribution in [0, 0.1) is 11.7 Å². The Morgan fingerprint density at radius 2 is 1.90 bits per heavy atom. The van der Waals surface area contributed by atoms with E-state index in [9.17, 15) is 9.50 Å². The van der Waals surface area contributed by atoms with Gasteiger partial charge in [-0.2, -0.15) is 0 Å². The number of ether oxygens (including phenoxy) is 1. The molecule has 160 valence electrons. The highest BCUT2D eigenvalue weighted by molar-refractivity contribution is 5.19. The summed E-state index contributed by atoms with van der Waals surface area (Å²) >= 11 is 0. The van der Waals surface area contributed by atoms with Crippen LogP contribution in [-0.4, -0.2) is 71.5 Å². The number of hydrogen-bond acceptors (Lipinski definition) is 4. The van der Waals surface area contributed by atoms with E-state index in [0.717, 1.165) is 51.6 Å². The summed E-state index contributed by atoms with van der Waals surface area (Å²) in [6.07, 6.45) is 1.63. The molecule has 0 unspecified atom stereocenters. The molecule has 1 saturated heterocycles. The maximum Gasteiger partial charge on any atom is 0.128 e. The molecule has 0 bridgehead atoms. The SMILES string of the molecule is CC(C)[C@@H](O)CN(CCN1CCOCC1)Cc1cccn1Cc1ccccc1F. The number of morpholine rings is 1. The summed E-state index contributed by atoms with van der Waals surface area (Å²) in [7, 11) is 0. The maximum absolute atomic E-state index is 14.1. The van der Waals surface area contributed by atoms with Crippen LogP contribution in [-0.2, 0) is 17.8 Å². The fraction of sp³-hybridized carbons (Fsp3) is 0.565. The summed E-state index contributed by atoms with van der Waals surface area (Å²) in [5.74, 6) is 0.0395. The van der Waals surface area contributed by atoms with Gasteiger partial charge in [0.25, 0.3) is 0 Å². The lowest BCUT2D eigenvalue weighted by Crippen LogP contribution is -2.43. The molecule has 0 aliphatic carbocycles. The number of aromatic nitrogens is 1. The molecule has 2 heterocycles. The number of benzene rings is 1. The molecule has 5 nitrogen and oxygen atoms in total. The van der Waals surface area contributed by atoms with Crippen LogP contribution in [0.4, 0.5) is 4.39 Å². The van der Waals surface area contributed by atoms with Crippen molar-refractivity contribution in [2.75, 3.05) is 45.9 Å². The lowest BCUT2D eigenvalue weighted by molar-refractivity contribution is 0.0257. The summed E-state index contributed by atoms with van der Waals surface area (Å²) in [6, 6.07) is 11.0. The first-order valence-electron chi connectivity index (χ1n) is 10.6. The van der Waals surface area contributed by atoms with E-state index in [1.807, 2.05) is 38.2 Å². The number of nitrogens with zero attached hydrogens (tertiary/aromatic N) is 3. The van der Waals surface area contributed by atoms with E-state index < -0.39 is 0 Å². The Bertz CT molecular complexity index is 743. The second-order valence-corrected chi connectivity index (χ2v) is 8.22. The van der Waals surface area contributed by atoms with E-state index in [4.69, 9.17) is 4.74 Å². The van der Waals surface area contributed by atoms with Crippen molar-refractivity contribution >= 4 is 0 Å². The largest absolute Gasteiger partial charge is 0.392 e. The Balaban J connectivity index is 1.66. The summed E-state index contributed by atoms with van der Waals surface area (Å²) in [5, 5.41) is 10.5. The Morgan fingerprint density at radius 3 is 2.62 bits per heavy atom. The van der Waals surface area contributed by atoms with Crippen LogP contribution in [0.25, 0.3) is 0 Å². The van der Waals surface area contributed by atoms with Crippen LogP contribution in [0.15, 0.2) is 42.6 Å². The zero-order valence-electron chi connectivity index (χ0n) is 17.6. The zero-order chi connectivity index (χ0) is 20.6. The standard InChI is InChI=1S/C23H34FN3O2/c1-19(2)23(28)18-26(11-10-25-12-14-29-15-13-25)17-21-7-5-9-27(21)16-20-6-3-4-8-22(20)24/h3-9,19,23,28H,10-18H2,1-2H3/t23-/m0/s1. The number of rotatable bonds is 10. The van der Waals surface area contributed by atoms with Gasteiger partial charge in [-0.1, -0.05) is 32.0 Å². The van der Waals surface area contributed by atoms with Crippen LogP contribution < -0.4 is 0 Å². The molecule has 1 N–H and O–H groups in total. The molecule has 29 heavy (non-hydrogen) atoms. The van der Waals surface area contributed by atoms with E-state index in [1.165, 1.54) is 6.07 Å². The number of halogens is 1. The molecule has 2 aromatic rings. The van der Waals surface area contributed by atoms with Crippen molar-refractivity contribution in [1.82, 2.24) is 14.4 Å². The molecule has 1 aromatic heterocycles. The zero-order valence-corrected chi connectivity index (χ0v) is 17.6. The molecule has 0 amide bonds. The first kappa shape index (κ1) is 22.0. The van der Waals surface area contributed by atoms with Crippen molar-refractivity contribution < 1.29 is 14.2 Å². The van der Waals surface area contributed by atoms with E-state index >= 15 is 0 Å². The molecule has 0 radical (unpaired) electrons. The summed E-state index contributed by atoms with van der Waals surface area (Å²) in [4.78, 5) is 4.73. The molecule has 1 aliphatic rings. The Morgan fingerprint density at radius 1 is 1.14 bits per heavy atom. The first-order valence-corrected chi connectivity index (χ1v) is 10.6. The topological polar surface area (TPSA) is 40.9 Å². The third-order valence-corrected chi connectivity index (χ3v) is 5.66. The van der Waals surface area contributed by atoms with Crippen LogP contribution in [0.3, 0.4) is 0 Å². The second-order valence-electron chi connectivity index (χ2n) is 8.22. The molecule has 1 aliphatic heterocycles. The molecule has 1 fully saturated rings. The van der Waals surface area contributed by atoms with Crippen molar-refractivity contribution in [2.45, 2.75) is 33.0 Å². The average molecular weight is 404 g/mol. The molecule has 0 spiro atoms. The highest BCUT2D eigenvalue weighted by atomic mass is 19.1. The molecule has 6 heteroatoms. The van der Waals surface area contributed by atoms with E-state index in [0.29, 0.717) is 18.7 Å². The van der Waals surface area contributed by atoms with E-state index in [1.54, 1.807) is 6.07 Å². The summed E-state index contributed by atoms with van der Waals surface area (Å²) in [6.45, 7) is 11.3. The number of aliphatic hydroxyl groups excluding tert-OH is 1. The van der Waals surface area contributed by atoms with E-state index in [2.05, 4.69) is 20.4 Å². The predicted octanol–water partition coefficient (Wildman–Crippen LogP) is 2.83. The van der Waals surface area contributed by atoms with E-state index in [-0.39, 0.29) is 17.8 Å². The lowest BCUT2D eigenvalue weighted by Gasteiger charge is -2.31. The van der Waals surface area contributed by atoms with Gasteiger partial charge in [-0.3, -0.25) is 9.80 Å². The fourth-order valence-electron chi connectivity index (χ4n) is 3.60. The van der Waals surface area contributed by atoms with Gasteiger partial charge in [-0.15, -0.1) is 0 Å². The van der Waals surface area contributed by atoms with Gasteiger partial charge in [0.2, 0.25) is 0 Å². The highest BCUT2D eigenvalue weighted by Gasteiger charge is 2.18. The molecule has 1 aromatic carbocycles. The van der Waals surface area contributed by atoms with Gasteiger partial charge in [0.1, 0.15) is 5.82 Å². The van der Waals surface area contributed by atoms with Crippen molar-refractivity contribution in [2.24, 2.45) is 5.92 Å². The molecule has 3 rings (SSSR count). The second kappa shape index (κ2) is 10.9. The lowest BCUT2D eigenvalue weighted by atomic mass is 10.1. The van der Waals surface area contributed by atoms with Gasteiger partial charge < -0.3 is 14.4 Å². The van der Waals surface area contributed by atoms with Crippen LogP contribution in [0.2, 0.25) is 0 Å². The van der Waals surface area contributed by atoms with Gasteiger partial charge in [-0.25, -0.2) is 4.39 Å². The van der Waals surface area contributed by atoms with Crippen molar-refractivity contribution in [3.05, 3.63) is 59.7 Å². The third kappa shape index (κ3) is 6.64. The minimum Gasteiger partial charge on any atom is -0.392 e. The van der Waals surface area contributed by atoms with Gasteiger partial charge in [0, 0.05) is 56.7 Å². The molecule has 1 atom stereocenters. The fourth-order valence-corrected chi connectivity index (χ4v) is 3.60. The Kier molecular flexibility index (Phi) is 8.24. The van der Waals surface area contributed by atoms with Crippen molar-refractivity contribution in [3.63, 3.8) is 0 Å². The van der Waals surface area contributed by atoms with Crippen LogP contribution in [0.1, 0.15) is 25.1 Å². The van der Waals surface area contributed by atoms with Gasteiger partial charge in [-0.05, 0) is 24.1 Å². The number of hydrogen-bond donors (Lipinski definition) is 1. The summed E-state index contributed by atoms with van der Waals surface area (Å²) < 4.78 is 21.6. The molecule has 0 saturated carbocycles. The average Bonchev–Trinajstić information content (AvgIpc) is 3.15. The molecular weight excluding hydrogens is 369 g/mol. The Hall–Kier alpha value is -1.73. The quantitative estimate of drug-likeness (QED) is 0.662. The highest BCUT2D eigenvalue weighted by Crippen LogP contribution is 2.14. The Labute approximate surface area is 173 Å². The predicted molar refractivity (Wildman–Crippen MR) is 113 cm³/mol. The smallest absolute Gasteiger partial charge is 0.128 e. The number of aliphatic hydroxyl groups is 1. The minimum absolute atomic E-state index is 0.174. The molecular formula is C23H34FN3O2. The third-order valence-electron chi connectivity index (χ3n) is 5.66. The van der Waals surface area contributed by atoms with Crippen molar-refractivity contribution in [3.8, 4) is 0 Å². The first-order chi connectivity index (χ1) is 14.0.